The van der Waals surface area contributed by atoms with Crippen LogP contribution >= 0.6 is 0 Å². The fourth-order valence-electron chi connectivity index (χ4n) is 7.41. The van der Waals surface area contributed by atoms with Gasteiger partial charge in [-0.05, 0) is 90.4 Å². The minimum absolute atomic E-state index is 0.0518. The highest BCUT2D eigenvalue weighted by molar-refractivity contribution is 6.98. The highest BCUT2D eigenvalue weighted by Crippen LogP contribution is 2.40. The van der Waals surface area contributed by atoms with Gasteiger partial charge in [-0.25, -0.2) is 15.0 Å². The van der Waals surface area contributed by atoms with E-state index in [4.69, 9.17) is 19.7 Å². The topological polar surface area (TPSA) is 97.2 Å². The second-order valence-corrected chi connectivity index (χ2v) is 18.4. The Morgan fingerprint density at radius 3 is 2.22 bits per heavy atom. The molecule has 7 nitrogen and oxygen atoms in total. The number of unbranched alkanes of at least 4 members (excludes halogenated alkanes) is 4. The van der Waals surface area contributed by atoms with Crippen LogP contribution in [0.25, 0.3) is 0 Å². The first-order valence-corrected chi connectivity index (χ1v) is 20.8. The van der Waals surface area contributed by atoms with Crippen molar-refractivity contribution < 1.29 is 14.3 Å². The lowest BCUT2D eigenvalue weighted by Crippen LogP contribution is -2.65. The lowest BCUT2D eigenvalue weighted by Gasteiger charge is -2.41. The van der Waals surface area contributed by atoms with Crippen molar-refractivity contribution in [3.63, 3.8) is 0 Å². The summed E-state index contributed by atoms with van der Waals surface area (Å²) in [5.74, 6) is 1.79. The Labute approximate surface area is 300 Å². The van der Waals surface area contributed by atoms with Gasteiger partial charge in [0.1, 0.15) is 11.6 Å². The van der Waals surface area contributed by atoms with E-state index in [1.54, 1.807) is 0 Å². The number of rotatable bonds is 19. The lowest BCUT2D eigenvalue weighted by atomic mass is 9.92. The van der Waals surface area contributed by atoms with Crippen molar-refractivity contribution in [2.75, 3.05) is 18.5 Å². The molecule has 8 heteroatoms. The predicted molar refractivity (Wildman–Crippen MR) is 206 cm³/mol. The van der Waals surface area contributed by atoms with Crippen LogP contribution < -0.4 is 15.7 Å². The molecule has 3 heterocycles. The number of esters is 1. The summed E-state index contributed by atoms with van der Waals surface area (Å²) in [6.45, 7) is 7.70. The normalized spacial score (nSPS) is 13.7. The van der Waals surface area contributed by atoms with Gasteiger partial charge in [-0.1, -0.05) is 106 Å². The zero-order valence-electron chi connectivity index (χ0n) is 30.4. The molecule has 0 fully saturated rings. The van der Waals surface area contributed by atoms with Gasteiger partial charge in [-0.3, -0.25) is 4.79 Å². The number of carbonyl (C=O) groups excluding carboxylic acids is 1. The van der Waals surface area contributed by atoms with Gasteiger partial charge < -0.3 is 14.8 Å². The van der Waals surface area contributed by atoms with E-state index in [0.717, 1.165) is 105 Å². The van der Waals surface area contributed by atoms with Crippen LogP contribution in [-0.2, 0) is 28.8 Å². The van der Waals surface area contributed by atoms with Crippen molar-refractivity contribution in [3.05, 3.63) is 108 Å². The number of aromatic nitrogens is 3. The molecule has 1 atom stereocenters. The third-order valence-corrected chi connectivity index (χ3v) is 15.0. The number of hydrogen-bond donors (Lipinski definition) is 2. The average molecular weight is 693 g/mol. The molecule has 0 unspecified atom stereocenters. The molecule has 2 aromatic heterocycles. The monoisotopic (exact) mass is 692 g/mol. The van der Waals surface area contributed by atoms with E-state index in [9.17, 15) is 9.59 Å². The summed E-state index contributed by atoms with van der Waals surface area (Å²) in [5, 5.41) is 5.27. The van der Waals surface area contributed by atoms with Crippen LogP contribution in [0.1, 0.15) is 114 Å². The van der Waals surface area contributed by atoms with Gasteiger partial charge in [0.05, 0.1) is 13.0 Å². The van der Waals surface area contributed by atoms with Crippen LogP contribution in [0.5, 0.6) is 0 Å². The summed E-state index contributed by atoms with van der Waals surface area (Å²) in [5.41, 5.74) is 3.51. The quantitative estimate of drug-likeness (QED) is 0.0591. The van der Waals surface area contributed by atoms with Gasteiger partial charge in [-0.15, -0.1) is 0 Å². The van der Waals surface area contributed by atoms with Gasteiger partial charge >= 0.3 is 5.97 Å². The van der Waals surface area contributed by atoms with Gasteiger partial charge in [0.15, 0.2) is 0 Å². The molecule has 0 radical (unpaired) electrons. The third-order valence-electron chi connectivity index (χ3n) is 10.4. The maximum Gasteiger partial charge on any atom is 0.306 e. The Morgan fingerprint density at radius 2 is 1.54 bits per heavy atom. The molecule has 1 aliphatic heterocycles. The zero-order valence-corrected chi connectivity index (χ0v) is 31.4. The molecule has 4 aromatic rings. The first-order valence-electron chi connectivity index (χ1n) is 18.8. The molecule has 0 saturated heterocycles. The summed E-state index contributed by atoms with van der Waals surface area (Å²) in [6.07, 6.45) is 16.4. The van der Waals surface area contributed by atoms with E-state index < -0.39 is 8.32 Å². The van der Waals surface area contributed by atoms with Crippen molar-refractivity contribution in [2.45, 2.75) is 115 Å². The van der Waals surface area contributed by atoms with E-state index in [1.165, 1.54) is 17.7 Å². The zero-order chi connectivity index (χ0) is 35.2. The second-order valence-electron chi connectivity index (χ2n) is 14.5. The largest absolute Gasteiger partial charge is 0.466 e. The number of carbonyl (C=O) groups is 1. The molecular formula is C42H56N4O3Si. The Kier molecular flexibility index (Phi) is 13.7. The number of pyridine rings is 1. The summed E-state index contributed by atoms with van der Waals surface area (Å²) in [7, 11) is -3.01. The fraction of sp³-hybridized carbons (Fsp3) is 0.476. The highest BCUT2D eigenvalue weighted by Gasteiger charge is 2.49. The number of benzene rings is 2. The number of fused-ring (bicyclic) bond motifs is 1. The van der Waals surface area contributed by atoms with Crippen molar-refractivity contribution in [3.8, 4) is 0 Å². The molecule has 2 aromatic carbocycles. The number of anilines is 1. The molecule has 0 bridgehead atoms. The van der Waals surface area contributed by atoms with Crippen LogP contribution in [0, 0.1) is 0 Å². The number of nitrogens with one attached hydrogen (secondary N) is 1. The minimum atomic E-state index is -3.01. The molecule has 0 aliphatic carbocycles. The van der Waals surface area contributed by atoms with Gasteiger partial charge in [0.2, 0.25) is 0 Å². The summed E-state index contributed by atoms with van der Waals surface area (Å²) in [4.78, 5) is 39.3. The van der Waals surface area contributed by atoms with E-state index in [1.807, 2.05) is 55.7 Å². The maximum absolute atomic E-state index is 12.5. The minimum Gasteiger partial charge on any atom is -0.466 e. The summed E-state index contributed by atoms with van der Waals surface area (Å²) in [6, 6.07) is 24.9. The first kappa shape index (κ1) is 37.4. The van der Waals surface area contributed by atoms with Crippen LogP contribution in [0.3, 0.4) is 0 Å². The maximum atomic E-state index is 12.5. The standard InChI is InChI=1S/C42H56N4O3Si/c1-4-49-40(47)30-34(18-9-5-6-10-20-36-27-26-33-19-17-29-43-41(33)46-36)35-31-44-39(45-32-35)25-15-16-28-42(2,3)50(48,37-21-11-7-12-22-37)38-23-13-8-14-24-38/h7-8,11-14,21-24,26-27,31-32,34,48H,4-6,9-10,15-20,25,28-30H2,1-3H3,(H,43,46)/t34-/m0/s1. The number of nitrogens with zero attached hydrogens (tertiary/aromatic N) is 3. The number of hydrogen-bond acceptors (Lipinski definition) is 7. The second kappa shape index (κ2) is 18.4. The predicted octanol–water partition coefficient (Wildman–Crippen LogP) is 7.70. The number of aryl methyl sites for hydroxylation is 3. The van der Waals surface area contributed by atoms with Crippen LogP contribution in [0.2, 0.25) is 5.04 Å². The van der Waals surface area contributed by atoms with E-state index >= 15 is 0 Å². The Balaban J connectivity index is 1.10. The van der Waals surface area contributed by atoms with Crippen molar-refractivity contribution in [1.29, 1.82) is 0 Å². The molecule has 2 N–H and O–H groups in total. The van der Waals surface area contributed by atoms with Crippen LogP contribution in [0.4, 0.5) is 5.82 Å². The van der Waals surface area contributed by atoms with E-state index in [0.29, 0.717) is 13.0 Å². The fourth-order valence-corrected chi connectivity index (χ4v) is 11.2. The van der Waals surface area contributed by atoms with Crippen LogP contribution in [-0.4, -0.2) is 47.2 Å². The molecule has 266 valence electrons. The first-order chi connectivity index (χ1) is 24.3. The number of ether oxygens (including phenoxy) is 1. The highest BCUT2D eigenvalue weighted by atomic mass is 28.4. The van der Waals surface area contributed by atoms with Gasteiger partial charge in [0.25, 0.3) is 8.32 Å². The van der Waals surface area contributed by atoms with Gasteiger partial charge in [0, 0.05) is 31.1 Å². The van der Waals surface area contributed by atoms with Crippen molar-refractivity contribution in [2.24, 2.45) is 0 Å². The van der Waals surface area contributed by atoms with Crippen molar-refractivity contribution >= 4 is 30.5 Å². The third kappa shape index (κ3) is 9.88. The SMILES string of the molecule is CCOC(=O)C[C@H](CCCCCCc1ccc2c(n1)NCCC2)c1cnc(CCCCC(C)(C)[Si](O)(c2ccccc2)c2ccccc2)nc1. The molecule has 0 saturated carbocycles. The average Bonchev–Trinajstić information content (AvgIpc) is 3.15. The lowest BCUT2D eigenvalue weighted by molar-refractivity contribution is -0.143. The molecule has 1 aliphatic rings. The Bertz CT molecular complexity index is 1580. The van der Waals surface area contributed by atoms with E-state index in [-0.39, 0.29) is 16.9 Å². The Morgan fingerprint density at radius 1 is 0.880 bits per heavy atom. The van der Waals surface area contributed by atoms with Crippen LogP contribution in [0.15, 0.2) is 85.2 Å². The molecule has 5 rings (SSSR count). The summed E-state index contributed by atoms with van der Waals surface area (Å²) >= 11 is 0. The Hall–Kier alpha value is -3.88. The van der Waals surface area contributed by atoms with E-state index in [2.05, 4.69) is 55.6 Å². The molecule has 0 spiro atoms. The van der Waals surface area contributed by atoms with Crippen molar-refractivity contribution in [1.82, 2.24) is 15.0 Å². The van der Waals surface area contributed by atoms with Gasteiger partial charge in [-0.2, -0.15) is 0 Å². The summed E-state index contributed by atoms with van der Waals surface area (Å²) < 4.78 is 5.32. The molecular weight excluding hydrogens is 637 g/mol. The molecule has 50 heavy (non-hydrogen) atoms. The molecule has 0 amide bonds. The smallest absolute Gasteiger partial charge is 0.306 e.